The Kier molecular flexibility index (Phi) is 6.25. The maximum Gasteiger partial charge on any atom is 0.344 e. The molecule has 0 heterocycles. The van der Waals surface area contributed by atoms with Gasteiger partial charge in [-0.2, -0.15) is 0 Å². The zero-order valence-corrected chi connectivity index (χ0v) is 13.1. The standard InChI is InChI=1S/C15H18FN3O4/c1-8(17)13(14(18)19-2)15(21)23-7-12(20)10-5-4-9(22-3)6-11(10)16/h4-6H,7,17H2,1-3H3,(H2,18,19). The van der Waals surface area contributed by atoms with Gasteiger partial charge >= 0.3 is 5.97 Å². The van der Waals surface area contributed by atoms with Crippen LogP contribution in [-0.4, -0.2) is 38.4 Å². The fraction of sp³-hybridized carbons (Fsp3) is 0.267. The lowest BCUT2D eigenvalue weighted by Crippen LogP contribution is -2.27. The number of Topliss-reactive ketones (excluding diaryl/α,β-unsaturated/α-hetero) is 1. The van der Waals surface area contributed by atoms with Gasteiger partial charge in [0.1, 0.15) is 23.0 Å². The highest BCUT2D eigenvalue weighted by molar-refractivity contribution is 6.19. The average Bonchev–Trinajstić information content (AvgIpc) is 2.51. The Morgan fingerprint density at radius 1 is 1.30 bits per heavy atom. The predicted octanol–water partition coefficient (Wildman–Crippen LogP) is 0.780. The highest BCUT2D eigenvalue weighted by Crippen LogP contribution is 2.17. The number of amidine groups is 1. The lowest BCUT2D eigenvalue weighted by Gasteiger charge is -2.09. The second kappa shape index (κ2) is 7.92. The van der Waals surface area contributed by atoms with Crippen molar-refractivity contribution < 1.29 is 23.5 Å². The van der Waals surface area contributed by atoms with E-state index < -0.39 is 24.2 Å². The summed E-state index contributed by atoms with van der Waals surface area (Å²) in [7, 11) is 2.75. The number of nitrogens with zero attached hydrogens (tertiary/aromatic N) is 1. The van der Waals surface area contributed by atoms with Crippen molar-refractivity contribution in [2.45, 2.75) is 6.92 Å². The molecule has 0 aromatic heterocycles. The van der Waals surface area contributed by atoms with Crippen LogP contribution in [0.5, 0.6) is 5.75 Å². The molecule has 0 spiro atoms. The lowest BCUT2D eigenvalue weighted by atomic mass is 10.1. The van der Waals surface area contributed by atoms with Gasteiger partial charge in [-0.1, -0.05) is 0 Å². The molecule has 23 heavy (non-hydrogen) atoms. The van der Waals surface area contributed by atoms with Crippen molar-refractivity contribution in [3.63, 3.8) is 0 Å². The van der Waals surface area contributed by atoms with Crippen LogP contribution >= 0.6 is 0 Å². The third-order valence-electron chi connectivity index (χ3n) is 2.91. The Hall–Kier alpha value is -2.90. The number of halogens is 1. The summed E-state index contributed by atoms with van der Waals surface area (Å²) in [6.07, 6.45) is 0. The van der Waals surface area contributed by atoms with Gasteiger partial charge in [0.2, 0.25) is 5.78 Å². The molecule has 0 aliphatic carbocycles. The number of carbonyl (C=O) groups excluding carboxylic acids is 2. The molecule has 0 aliphatic rings. The molecular weight excluding hydrogens is 305 g/mol. The monoisotopic (exact) mass is 323 g/mol. The van der Waals surface area contributed by atoms with E-state index in [2.05, 4.69) is 4.99 Å². The number of methoxy groups -OCH3 is 1. The molecule has 1 rings (SSSR count). The van der Waals surface area contributed by atoms with E-state index in [4.69, 9.17) is 20.9 Å². The fourth-order valence-corrected chi connectivity index (χ4v) is 1.71. The van der Waals surface area contributed by atoms with E-state index in [0.717, 1.165) is 6.07 Å². The molecule has 1 aromatic rings. The minimum Gasteiger partial charge on any atom is -0.497 e. The van der Waals surface area contributed by atoms with Crippen molar-refractivity contribution in [3.8, 4) is 5.75 Å². The number of benzene rings is 1. The molecule has 0 fully saturated rings. The van der Waals surface area contributed by atoms with Gasteiger partial charge in [0.15, 0.2) is 6.61 Å². The topological polar surface area (TPSA) is 117 Å². The smallest absolute Gasteiger partial charge is 0.344 e. The average molecular weight is 323 g/mol. The molecule has 7 nitrogen and oxygen atoms in total. The summed E-state index contributed by atoms with van der Waals surface area (Å²) in [6, 6.07) is 3.73. The number of aliphatic imine (C=N–C) groups is 1. The van der Waals surface area contributed by atoms with Gasteiger partial charge in [-0.3, -0.25) is 9.79 Å². The molecule has 8 heteroatoms. The van der Waals surface area contributed by atoms with Gasteiger partial charge in [0, 0.05) is 18.8 Å². The summed E-state index contributed by atoms with van der Waals surface area (Å²) >= 11 is 0. The van der Waals surface area contributed by atoms with Crippen LogP contribution in [0, 0.1) is 5.82 Å². The van der Waals surface area contributed by atoms with Gasteiger partial charge in [-0.25, -0.2) is 9.18 Å². The number of carbonyl (C=O) groups is 2. The van der Waals surface area contributed by atoms with E-state index in [1.54, 1.807) is 0 Å². The summed E-state index contributed by atoms with van der Waals surface area (Å²) in [5.74, 6) is -2.23. The number of esters is 1. The second-order valence-electron chi connectivity index (χ2n) is 4.51. The quantitative estimate of drug-likeness (QED) is 0.263. The first kappa shape index (κ1) is 18.1. The van der Waals surface area contributed by atoms with E-state index in [1.807, 2.05) is 0 Å². The van der Waals surface area contributed by atoms with Crippen molar-refractivity contribution in [1.82, 2.24) is 0 Å². The summed E-state index contributed by atoms with van der Waals surface area (Å²) in [5.41, 5.74) is 10.8. The van der Waals surface area contributed by atoms with E-state index in [9.17, 15) is 14.0 Å². The molecule has 0 saturated carbocycles. The van der Waals surface area contributed by atoms with Crippen molar-refractivity contribution in [1.29, 1.82) is 0 Å². The summed E-state index contributed by atoms with van der Waals surface area (Å²) in [4.78, 5) is 27.5. The van der Waals surface area contributed by atoms with Crippen LogP contribution in [0.25, 0.3) is 0 Å². The number of ketones is 1. The van der Waals surface area contributed by atoms with Crippen LogP contribution in [0.2, 0.25) is 0 Å². The zero-order chi connectivity index (χ0) is 17.6. The molecular formula is C15H18FN3O4. The second-order valence-corrected chi connectivity index (χ2v) is 4.51. The molecule has 0 bridgehead atoms. The van der Waals surface area contributed by atoms with Crippen LogP contribution < -0.4 is 16.2 Å². The van der Waals surface area contributed by atoms with Crippen molar-refractivity contribution in [3.05, 3.63) is 40.8 Å². The van der Waals surface area contributed by atoms with Crippen molar-refractivity contribution >= 4 is 17.6 Å². The highest BCUT2D eigenvalue weighted by atomic mass is 19.1. The third kappa shape index (κ3) is 4.53. The number of ether oxygens (including phenoxy) is 2. The zero-order valence-electron chi connectivity index (χ0n) is 13.1. The first-order valence-electron chi connectivity index (χ1n) is 6.54. The molecule has 0 atom stereocenters. The van der Waals surface area contributed by atoms with Crippen LogP contribution in [0.1, 0.15) is 17.3 Å². The minimum absolute atomic E-state index is 0.0983. The van der Waals surface area contributed by atoms with E-state index in [-0.39, 0.29) is 28.4 Å². The molecule has 1 aromatic carbocycles. The Labute approximate surface area is 132 Å². The van der Waals surface area contributed by atoms with Crippen molar-refractivity contribution in [2.24, 2.45) is 16.5 Å². The Morgan fingerprint density at radius 3 is 2.43 bits per heavy atom. The normalized spacial score (nSPS) is 12.4. The van der Waals surface area contributed by atoms with Gasteiger partial charge in [-0.15, -0.1) is 0 Å². The number of nitrogens with two attached hydrogens (primary N) is 2. The van der Waals surface area contributed by atoms with Crippen LogP contribution in [-0.2, 0) is 9.53 Å². The molecule has 0 radical (unpaired) electrons. The summed E-state index contributed by atoms with van der Waals surface area (Å²) in [6.45, 7) is 0.787. The van der Waals surface area contributed by atoms with Gasteiger partial charge in [0.25, 0.3) is 0 Å². The Bertz CT molecular complexity index is 679. The summed E-state index contributed by atoms with van der Waals surface area (Å²) in [5, 5.41) is 0. The minimum atomic E-state index is -0.907. The highest BCUT2D eigenvalue weighted by Gasteiger charge is 2.20. The number of hydrogen-bond acceptors (Lipinski definition) is 6. The van der Waals surface area contributed by atoms with Gasteiger partial charge < -0.3 is 20.9 Å². The first-order valence-corrected chi connectivity index (χ1v) is 6.54. The molecule has 4 N–H and O–H groups in total. The first-order chi connectivity index (χ1) is 10.8. The van der Waals surface area contributed by atoms with Crippen LogP contribution in [0.3, 0.4) is 0 Å². The molecule has 0 saturated heterocycles. The third-order valence-corrected chi connectivity index (χ3v) is 2.91. The van der Waals surface area contributed by atoms with Gasteiger partial charge in [0.05, 0.1) is 12.7 Å². The maximum absolute atomic E-state index is 13.8. The lowest BCUT2D eigenvalue weighted by molar-refractivity contribution is -0.137. The summed E-state index contributed by atoms with van der Waals surface area (Å²) < 4.78 is 23.4. The van der Waals surface area contributed by atoms with Crippen LogP contribution in [0.15, 0.2) is 34.5 Å². The number of hydrogen-bond donors (Lipinski definition) is 2. The van der Waals surface area contributed by atoms with E-state index in [1.165, 1.54) is 33.2 Å². The molecule has 0 aliphatic heterocycles. The number of allylic oxidation sites excluding steroid dienone is 1. The molecule has 124 valence electrons. The molecule has 0 amide bonds. The molecule has 0 unspecified atom stereocenters. The largest absolute Gasteiger partial charge is 0.497 e. The van der Waals surface area contributed by atoms with Crippen LogP contribution in [0.4, 0.5) is 4.39 Å². The fourth-order valence-electron chi connectivity index (χ4n) is 1.71. The Balaban J connectivity index is 2.84. The van der Waals surface area contributed by atoms with E-state index in [0.29, 0.717) is 0 Å². The SMILES string of the molecule is CN=C(N)C(C(=O)OCC(=O)c1ccc(OC)cc1F)=C(C)N. The van der Waals surface area contributed by atoms with E-state index >= 15 is 0 Å². The number of rotatable bonds is 6. The maximum atomic E-state index is 13.8. The van der Waals surface area contributed by atoms with Gasteiger partial charge in [-0.05, 0) is 19.1 Å². The predicted molar refractivity (Wildman–Crippen MR) is 82.7 cm³/mol. The van der Waals surface area contributed by atoms with Crippen molar-refractivity contribution in [2.75, 3.05) is 20.8 Å². The Morgan fingerprint density at radius 2 is 1.96 bits per heavy atom.